The van der Waals surface area contributed by atoms with Crippen molar-refractivity contribution in [3.63, 3.8) is 0 Å². The van der Waals surface area contributed by atoms with Gasteiger partial charge >= 0.3 is 17.9 Å². The highest BCUT2D eigenvalue weighted by Crippen LogP contribution is 2.17. The number of unbranched alkanes of at least 4 members (excludes halogenated alkanes) is 36. The number of rotatable bonds is 49. The molecule has 0 amide bonds. The Morgan fingerprint density at radius 3 is 0.817 bits per heavy atom. The van der Waals surface area contributed by atoms with Gasteiger partial charge in [-0.25, -0.2) is 0 Å². The molecular weight excluding hydrogens is 745 g/mol. The number of ether oxygens (including phenoxy) is 3. The molecular formula is C54H104O6. The summed E-state index contributed by atoms with van der Waals surface area (Å²) in [7, 11) is 0. The fourth-order valence-corrected chi connectivity index (χ4v) is 8.22. The molecule has 0 unspecified atom stereocenters. The third-order valence-electron chi connectivity index (χ3n) is 12.3. The average molecular weight is 849 g/mol. The van der Waals surface area contributed by atoms with Crippen LogP contribution in [0.5, 0.6) is 0 Å². The Balaban J connectivity index is 4.26. The smallest absolute Gasteiger partial charge is 0.306 e. The molecule has 0 radical (unpaired) electrons. The molecule has 0 aromatic carbocycles. The maximum absolute atomic E-state index is 12.8. The van der Waals surface area contributed by atoms with E-state index in [2.05, 4.69) is 27.7 Å². The van der Waals surface area contributed by atoms with Crippen LogP contribution in [0.4, 0.5) is 0 Å². The Hall–Kier alpha value is -1.59. The molecule has 6 heteroatoms. The SMILES string of the molecule is CCCCCCCCCCCCCCCCCCCC(=O)OC[C@@H](COC(=O)CCCCCCCCCC(C)C)OC(=O)CCCCCCCCCCCCCCCCC. The van der Waals surface area contributed by atoms with Gasteiger partial charge in [-0.15, -0.1) is 0 Å². The van der Waals surface area contributed by atoms with Gasteiger partial charge in [-0.2, -0.15) is 0 Å². The van der Waals surface area contributed by atoms with Gasteiger partial charge in [0.1, 0.15) is 13.2 Å². The second-order valence-corrected chi connectivity index (χ2v) is 19.0. The Morgan fingerprint density at radius 1 is 0.317 bits per heavy atom. The summed E-state index contributed by atoms with van der Waals surface area (Å²) in [4.78, 5) is 37.9. The lowest BCUT2D eigenvalue weighted by atomic mass is 10.0. The van der Waals surface area contributed by atoms with Crippen molar-refractivity contribution >= 4 is 17.9 Å². The summed E-state index contributed by atoms with van der Waals surface area (Å²) in [6, 6.07) is 0. The lowest BCUT2D eigenvalue weighted by molar-refractivity contribution is -0.167. The Kier molecular flexibility index (Phi) is 47.2. The van der Waals surface area contributed by atoms with Crippen molar-refractivity contribution in [3.05, 3.63) is 0 Å². The molecule has 0 bridgehead atoms. The highest BCUT2D eigenvalue weighted by molar-refractivity contribution is 5.71. The zero-order chi connectivity index (χ0) is 43.8. The summed E-state index contributed by atoms with van der Waals surface area (Å²) < 4.78 is 16.8. The van der Waals surface area contributed by atoms with Crippen molar-refractivity contribution in [2.75, 3.05) is 13.2 Å². The van der Waals surface area contributed by atoms with Crippen LogP contribution in [-0.2, 0) is 28.6 Å². The molecule has 0 aliphatic heterocycles. The largest absolute Gasteiger partial charge is 0.462 e. The molecule has 1 atom stereocenters. The topological polar surface area (TPSA) is 78.9 Å². The number of hydrogen-bond acceptors (Lipinski definition) is 6. The molecule has 0 fully saturated rings. The van der Waals surface area contributed by atoms with E-state index in [9.17, 15) is 14.4 Å². The molecule has 0 aliphatic rings. The van der Waals surface area contributed by atoms with E-state index in [1.54, 1.807) is 0 Å². The maximum Gasteiger partial charge on any atom is 0.306 e. The Bertz CT molecular complexity index is 903. The second-order valence-electron chi connectivity index (χ2n) is 19.0. The minimum Gasteiger partial charge on any atom is -0.462 e. The van der Waals surface area contributed by atoms with E-state index < -0.39 is 6.10 Å². The number of carbonyl (C=O) groups is 3. The number of carbonyl (C=O) groups excluding carboxylic acids is 3. The molecule has 0 rings (SSSR count). The van der Waals surface area contributed by atoms with Crippen molar-refractivity contribution in [1.82, 2.24) is 0 Å². The molecule has 6 nitrogen and oxygen atoms in total. The first kappa shape index (κ1) is 58.4. The Morgan fingerprint density at radius 2 is 0.550 bits per heavy atom. The van der Waals surface area contributed by atoms with Gasteiger partial charge in [-0.1, -0.05) is 265 Å². The van der Waals surface area contributed by atoms with E-state index in [1.807, 2.05) is 0 Å². The minimum atomic E-state index is -0.761. The minimum absolute atomic E-state index is 0.0630. The molecule has 0 heterocycles. The summed E-state index contributed by atoms with van der Waals surface area (Å²) in [5.74, 6) is -0.0630. The molecule has 0 aromatic rings. The normalized spacial score (nSPS) is 11.9. The van der Waals surface area contributed by atoms with Crippen molar-refractivity contribution < 1.29 is 28.6 Å². The van der Waals surface area contributed by atoms with Crippen molar-refractivity contribution in [1.29, 1.82) is 0 Å². The molecule has 0 saturated carbocycles. The first-order valence-electron chi connectivity index (χ1n) is 26.9. The third kappa shape index (κ3) is 47.5. The predicted octanol–water partition coefficient (Wildman–Crippen LogP) is 17.5. The fraction of sp³-hybridized carbons (Fsp3) is 0.944. The van der Waals surface area contributed by atoms with Gasteiger partial charge in [-0.05, 0) is 25.2 Å². The van der Waals surface area contributed by atoms with Gasteiger partial charge in [0.25, 0.3) is 0 Å². The van der Waals surface area contributed by atoms with E-state index >= 15 is 0 Å². The standard InChI is InChI=1S/C54H104O6/c1-5-7-9-11-13-15-17-19-21-22-24-25-27-29-33-37-41-45-52(55)58-48-51(49-59-53(56)46-42-38-35-31-32-36-40-44-50(3)4)60-54(57)47-43-39-34-30-28-26-23-20-18-16-14-12-10-8-6-2/h50-51H,5-49H2,1-4H3/t51-/m0/s1. The van der Waals surface area contributed by atoms with Gasteiger partial charge in [0.2, 0.25) is 0 Å². The van der Waals surface area contributed by atoms with E-state index in [0.29, 0.717) is 19.3 Å². The van der Waals surface area contributed by atoms with Crippen LogP contribution in [0.3, 0.4) is 0 Å². The van der Waals surface area contributed by atoms with Crippen molar-refractivity contribution in [2.24, 2.45) is 5.92 Å². The van der Waals surface area contributed by atoms with E-state index in [4.69, 9.17) is 14.2 Å². The number of hydrogen-bond donors (Lipinski definition) is 0. The van der Waals surface area contributed by atoms with Crippen LogP contribution in [0.2, 0.25) is 0 Å². The third-order valence-corrected chi connectivity index (χ3v) is 12.3. The van der Waals surface area contributed by atoms with Gasteiger partial charge in [0, 0.05) is 19.3 Å². The van der Waals surface area contributed by atoms with Gasteiger partial charge in [0.05, 0.1) is 0 Å². The molecule has 0 aromatic heterocycles. The van der Waals surface area contributed by atoms with E-state index in [1.165, 1.54) is 199 Å². The molecule has 0 aliphatic carbocycles. The zero-order valence-corrected chi connectivity index (χ0v) is 40.9. The average Bonchev–Trinajstić information content (AvgIpc) is 3.23. The summed E-state index contributed by atoms with van der Waals surface area (Å²) in [6.07, 6.45) is 51.0. The monoisotopic (exact) mass is 849 g/mol. The van der Waals surface area contributed by atoms with Crippen molar-refractivity contribution in [2.45, 2.75) is 310 Å². The molecule has 356 valence electrons. The number of esters is 3. The van der Waals surface area contributed by atoms with Crippen LogP contribution in [0.15, 0.2) is 0 Å². The first-order valence-corrected chi connectivity index (χ1v) is 26.9. The van der Waals surface area contributed by atoms with Gasteiger partial charge in [-0.3, -0.25) is 14.4 Å². The van der Waals surface area contributed by atoms with Crippen LogP contribution in [0.1, 0.15) is 304 Å². The maximum atomic E-state index is 12.8. The highest BCUT2D eigenvalue weighted by atomic mass is 16.6. The van der Waals surface area contributed by atoms with Gasteiger partial charge < -0.3 is 14.2 Å². The molecule has 0 N–H and O–H groups in total. The summed E-state index contributed by atoms with van der Waals surface area (Å²) in [5.41, 5.74) is 0. The first-order chi connectivity index (χ1) is 29.4. The van der Waals surface area contributed by atoms with E-state index in [0.717, 1.165) is 63.7 Å². The molecule has 0 spiro atoms. The van der Waals surface area contributed by atoms with Crippen LogP contribution < -0.4 is 0 Å². The van der Waals surface area contributed by atoms with Crippen LogP contribution in [0, 0.1) is 5.92 Å². The molecule has 60 heavy (non-hydrogen) atoms. The molecule has 0 saturated heterocycles. The lowest BCUT2D eigenvalue weighted by Gasteiger charge is -2.18. The summed E-state index contributed by atoms with van der Waals surface area (Å²) >= 11 is 0. The van der Waals surface area contributed by atoms with Crippen LogP contribution in [-0.4, -0.2) is 37.2 Å². The highest BCUT2D eigenvalue weighted by Gasteiger charge is 2.19. The van der Waals surface area contributed by atoms with Crippen molar-refractivity contribution in [3.8, 4) is 0 Å². The van der Waals surface area contributed by atoms with Gasteiger partial charge in [0.15, 0.2) is 6.10 Å². The zero-order valence-electron chi connectivity index (χ0n) is 40.9. The van der Waals surface area contributed by atoms with Crippen LogP contribution in [0.25, 0.3) is 0 Å². The lowest BCUT2D eigenvalue weighted by Crippen LogP contribution is -2.30. The van der Waals surface area contributed by atoms with E-state index in [-0.39, 0.29) is 31.1 Å². The quantitative estimate of drug-likeness (QED) is 0.0345. The summed E-state index contributed by atoms with van der Waals surface area (Å²) in [6.45, 7) is 8.99. The summed E-state index contributed by atoms with van der Waals surface area (Å²) in [5, 5.41) is 0. The predicted molar refractivity (Wildman–Crippen MR) is 257 cm³/mol. The van der Waals surface area contributed by atoms with Crippen LogP contribution >= 0.6 is 0 Å². The second kappa shape index (κ2) is 48.4. The fourth-order valence-electron chi connectivity index (χ4n) is 8.22. The Labute approximate surface area is 374 Å².